The first-order chi connectivity index (χ1) is 5.84. The molecule has 0 bridgehead atoms. The van der Waals surface area contributed by atoms with Crippen molar-refractivity contribution < 1.29 is 4.79 Å². The lowest BCUT2D eigenvalue weighted by Crippen LogP contribution is -2.48. The van der Waals surface area contributed by atoms with Gasteiger partial charge in [0.2, 0.25) is 0 Å². The SMILES string of the molecule is CCCC(C)C(=O)C(C)(C)N(C)C. The van der Waals surface area contributed by atoms with Crippen LogP contribution in [0.4, 0.5) is 0 Å². The highest BCUT2D eigenvalue weighted by molar-refractivity contribution is 5.89. The molecule has 78 valence electrons. The predicted octanol–water partition coefficient (Wildman–Crippen LogP) is 2.33. The summed E-state index contributed by atoms with van der Waals surface area (Å²) in [6, 6.07) is 0. The molecule has 0 aliphatic carbocycles. The molecule has 1 atom stereocenters. The van der Waals surface area contributed by atoms with E-state index in [4.69, 9.17) is 0 Å². The Labute approximate surface area is 82.3 Å². The van der Waals surface area contributed by atoms with Crippen LogP contribution in [0.2, 0.25) is 0 Å². The van der Waals surface area contributed by atoms with Gasteiger partial charge in [-0.2, -0.15) is 0 Å². The largest absolute Gasteiger partial charge is 0.298 e. The molecule has 0 radical (unpaired) electrons. The number of Topliss-reactive ketones (excluding diaryl/α,β-unsaturated/α-hetero) is 1. The second-order valence-electron chi connectivity index (χ2n) is 4.51. The van der Waals surface area contributed by atoms with Gasteiger partial charge in [0.15, 0.2) is 5.78 Å². The molecular formula is C11H23NO. The highest BCUT2D eigenvalue weighted by Gasteiger charge is 2.32. The fourth-order valence-electron chi connectivity index (χ4n) is 1.39. The maximum Gasteiger partial charge on any atom is 0.155 e. The molecule has 0 aliphatic rings. The third-order valence-electron chi connectivity index (χ3n) is 2.89. The summed E-state index contributed by atoms with van der Waals surface area (Å²) in [5.74, 6) is 0.529. The third-order valence-corrected chi connectivity index (χ3v) is 2.89. The van der Waals surface area contributed by atoms with Crippen LogP contribution >= 0.6 is 0 Å². The summed E-state index contributed by atoms with van der Waals surface area (Å²) in [6.45, 7) is 8.12. The van der Waals surface area contributed by atoms with Gasteiger partial charge in [-0.15, -0.1) is 0 Å². The summed E-state index contributed by atoms with van der Waals surface area (Å²) in [7, 11) is 3.91. The standard InChI is InChI=1S/C11H23NO/c1-7-8-9(2)10(13)11(3,4)12(5)6/h9H,7-8H2,1-6H3. The van der Waals surface area contributed by atoms with Crippen LogP contribution in [0.15, 0.2) is 0 Å². The van der Waals surface area contributed by atoms with Crippen LogP contribution in [0.3, 0.4) is 0 Å². The molecule has 0 spiro atoms. The Morgan fingerprint density at radius 2 is 1.85 bits per heavy atom. The number of hydrogen-bond donors (Lipinski definition) is 0. The van der Waals surface area contributed by atoms with E-state index in [9.17, 15) is 4.79 Å². The first-order valence-corrected chi connectivity index (χ1v) is 5.05. The molecule has 0 saturated carbocycles. The van der Waals surface area contributed by atoms with Crippen LogP contribution in [-0.4, -0.2) is 30.3 Å². The van der Waals surface area contributed by atoms with Gasteiger partial charge in [0, 0.05) is 5.92 Å². The van der Waals surface area contributed by atoms with Crippen LogP contribution < -0.4 is 0 Å². The zero-order valence-electron chi connectivity index (χ0n) is 9.85. The molecule has 0 aromatic heterocycles. The highest BCUT2D eigenvalue weighted by atomic mass is 16.1. The highest BCUT2D eigenvalue weighted by Crippen LogP contribution is 2.19. The molecule has 0 heterocycles. The normalized spacial score (nSPS) is 14.7. The topological polar surface area (TPSA) is 20.3 Å². The van der Waals surface area contributed by atoms with Crippen LogP contribution in [-0.2, 0) is 4.79 Å². The number of likely N-dealkylation sites (N-methyl/N-ethyl adjacent to an activating group) is 1. The van der Waals surface area contributed by atoms with Crippen LogP contribution in [0.1, 0.15) is 40.5 Å². The van der Waals surface area contributed by atoms with Crippen LogP contribution in [0, 0.1) is 5.92 Å². The van der Waals surface area contributed by atoms with E-state index in [1.54, 1.807) is 0 Å². The van der Waals surface area contributed by atoms with Crippen molar-refractivity contribution in [3.63, 3.8) is 0 Å². The van der Waals surface area contributed by atoms with Crippen molar-refractivity contribution in [2.24, 2.45) is 5.92 Å². The van der Waals surface area contributed by atoms with E-state index >= 15 is 0 Å². The number of carbonyl (C=O) groups excluding carboxylic acids is 1. The minimum absolute atomic E-state index is 0.183. The van der Waals surface area contributed by atoms with Crippen molar-refractivity contribution in [2.45, 2.75) is 46.1 Å². The fraction of sp³-hybridized carbons (Fsp3) is 0.909. The van der Waals surface area contributed by atoms with Gasteiger partial charge in [-0.1, -0.05) is 20.3 Å². The Bertz CT molecular complexity index is 173. The van der Waals surface area contributed by atoms with Crippen molar-refractivity contribution in [1.82, 2.24) is 4.90 Å². The average molecular weight is 185 g/mol. The van der Waals surface area contributed by atoms with Gasteiger partial charge in [-0.25, -0.2) is 0 Å². The van der Waals surface area contributed by atoms with Crippen LogP contribution in [0.5, 0.6) is 0 Å². The molecule has 0 N–H and O–H groups in total. The first kappa shape index (κ1) is 12.6. The second-order valence-corrected chi connectivity index (χ2v) is 4.51. The molecule has 2 heteroatoms. The van der Waals surface area contributed by atoms with Gasteiger partial charge in [0.1, 0.15) is 0 Å². The second kappa shape index (κ2) is 4.75. The Balaban J connectivity index is 4.40. The molecule has 0 aromatic carbocycles. The summed E-state index contributed by atoms with van der Waals surface area (Å²) < 4.78 is 0. The minimum atomic E-state index is -0.325. The Morgan fingerprint density at radius 3 is 2.15 bits per heavy atom. The van der Waals surface area contributed by atoms with Crippen LogP contribution in [0.25, 0.3) is 0 Å². The van der Waals surface area contributed by atoms with E-state index in [0.29, 0.717) is 5.78 Å². The molecule has 0 saturated heterocycles. The first-order valence-electron chi connectivity index (χ1n) is 5.05. The van der Waals surface area contributed by atoms with Crippen molar-refractivity contribution in [3.05, 3.63) is 0 Å². The molecular weight excluding hydrogens is 162 g/mol. The van der Waals surface area contributed by atoms with Gasteiger partial charge >= 0.3 is 0 Å². The molecule has 2 nitrogen and oxygen atoms in total. The quantitative estimate of drug-likeness (QED) is 0.655. The predicted molar refractivity (Wildman–Crippen MR) is 56.8 cm³/mol. The van der Waals surface area contributed by atoms with Gasteiger partial charge < -0.3 is 0 Å². The summed E-state index contributed by atoms with van der Waals surface area (Å²) in [4.78, 5) is 13.9. The van der Waals surface area contributed by atoms with Crippen molar-refractivity contribution >= 4 is 5.78 Å². The van der Waals surface area contributed by atoms with Crippen molar-refractivity contribution in [1.29, 1.82) is 0 Å². The molecule has 0 amide bonds. The minimum Gasteiger partial charge on any atom is -0.298 e. The summed E-state index contributed by atoms with van der Waals surface area (Å²) in [5.41, 5.74) is -0.325. The van der Waals surface area contributed by atoms with E-state index in [1.807, 2.05) is 39.8 Å². The fourth-order valence-corrected chi connectivity index (χ4v) is 1.39. The number of hydrogen-bond acceptors (Lipinski definition) is 2. The summed E-state index contributed by atoms with van der Waals surface area (Å²) in [5, 5.41) is 0. The van der Waals surface area contributed by atoms with Gasteiger partial charge in [-0.3, -0.25) is 9.69 Å². The Kier molecular flexibility index (Phi) is 4.62. The maximum absolute atomic E-state index is 12.0. The zero-order chi connectivity index (χ0) is 10.6. The van der Waals surface area contributed by atoms with Crippen molar-refractivity contribution in [3.8, 4) is 0 Å². The lowest BCUT2D eigenvalue weighted by atomic mass is 9.86. The van der Waals surface area contributed by atoms with E-state index in [2.05, 4.69) is 6.92 Å². The molecule has 0 fully saturated rings. The number of ketones is 1. The number of nitrogens with zero attached hydrogens (tertiary/aromatic N) is 1. The van der Waals surface area contributed by atoms with Gasteiger partial charge in [0.05, 0.1) is 5.54 Å². The molecule has 0 aromatic rings. The smallest absolute Gasteiger partial charge is 0.155 e. The summed E-state index contributed by atoms with van der Waals surface area (Å²) in [6.07, 6.45) is 2.08. The lowest BCUT2D eigenvalue weighted by molar-refractivity contribution is -0.131. The average Bonchev–Trinajstić information content (AvgIpc) is 2.03. The van der Waals surface area contributed by atoms with Gasteiger partial charge in [-0.05, 0) is 34.4 Å². The molecule has 1 unspecified atom stereocenters. The summed E-state index contributed by atoms with van der Waals surface area (Å²) >= 11 is 0. The Morgan fingerprint density at radius 1 is 1.38 bits per heavy atom. The van der Waals surface area contributed by atoms with Crippen molar-refractivity contribution in [2.75, 3.05) is 14.1 Å². The molecule has 0 rings (SSSR count). The van der Waals surface area contributed by atoms with E-state index in [0.717, 1.165) is 12.8 Å². The molecule has 13 heavy (non-hydrogen) atoms. The Hall–Kier alpha value is -0.370. The number of carbonyl (C=O) groups is 1. The lowest BCUT2D eigenvalue weighted by Gasteiger charge is -2.33. The molecule has 0 aliphatic heterocycles. The van der Waals surface area contributed by atoms with E-state index < -0.39 is 0 Å². The third kappa shape index (κ3) is 3.11. The monoisotopic (exact) mass is 185 g/mol. The van der Waals surface area contributed by atoms with E-state index in [-0.39, 0.29) is 11.5 Å². The zero-order valence-corrected chi connectivity index (χ0v) is 9.85. The maximum atomic E-state index is 12.0. The number of rotatable bonds is 5. The van der Waals surface area contributed by atoms with Gasteiger partial charge in [0.25, 0.3) is 0 Å². The van der Waals surface area contributed by atoms with E-state index in [1.165, 1.54) is 0 Å².